The van der Waals surface area contributed by atoms with Crippen LogP contribution in [-0.4, -0.2) is 43.7 Å². The van der Waals surface area contributed by atoms with Gasteiger partial charge in [-0.1, -0.05) is 0 Å². The average Bonchev–Trinajstić information content (AvgIpc) is 2.78. The highest BCUT2D eigenvalue weighted by Crippen LogP contribution is 2.24. The number of hydrogen-bond donors (Lipinski definition) is 2. The molecule has 6 nitrogen and oxygen atoms in total. The van der Waals surface area contributed by atoms with Crippen LogP contribution < -0.4 is 16.0 Å². The minimum absolute atomic E-state index is 0.226. The summed E-state index contributed by atoms with van der Waals surface area (Å²) in [6.07, 6.45) is 3.84. The van der Waals surface area contributed by atoms with Crippen molar-refractivity contribution < 1.29 is 9.53 Å². The molecule has 0 saturated carbocycles. The number of nitrogens with two attached hydrogens (primary N) is 1. The van der Waals surface area contributed by atoms with E-state index in [0.717, 1.165) is 5.69 Å². The summed E-state index contributed by atoms with van der Waals surface area (Å²) in [4.78, 5) is 18.1. The first-order valence-corrected chi connectivity index (χ1v) is 5.82. The zero-order chi connectivity index (χ0) is 13.2. The van der Waals surface area contributed by atoms with Gasteiger partial charge in [0.25, 0.3) is 0 Å². The summed E-state index contributed by atoms with van der Waals surface area (Å²) >= 11 is 0. The summed E-state index contributed by atoms with van der Waals surface area (Å²) < 4.78 is 5.18. The van der Waals surface area contributed by atoms with Crippen molar-refractivity contribution in [3.8, 4) is 0 Å². The van der Waals surface area contributed by atoms with Gasteiger partial charge in [0.05, 0.1) is 24.2 Å². The molecule has 1 aliphatic rings. The number of carbonyl (C=O) groups is 1. The maximum Gasteiger partial charge on any atom is 0.247 e. The highest BCUT2D eigenvalue weighted by atomic mass is 16.5. The van der Waals surface area contributed by atoms with Gasteiger partial charge in [0.2, 0.25) is 5.91 Å². The molecule has 1 fully saturated rings. The quantitative estimate of drug-likeness (QED) is 0.801. The topological polar surface area (TPSA) is 80.5 Å². The zero-order valence-corrected chi connectivity index (χ0v) is 10.6. The number of nitrogens with zero attached hydrogens (tertiary/aromatic N) is 2. The van der Waals surface area contributed by atoms with E-state index in [9.17, 15) is 4.79 Å². The summed E-state index contributed by atoms with van der Waals surface area (Å²) in [6, 6.07) is 1.84. The van der Waals surface area contributed by atoms with Gasteiger partial charge in [0, 0.05) is 26.9 Å². The van der Waals surface area contributed by atoms with Crippen molar-refractivity contribution in [2.75, 3.05) is 37.5 Å². The third-order valence-electron chi connectivity index (χ3n) is 3.03. The fourth-order valence-corrected chi connectivity index (χ4v) is 1.88. The van der Waals surface area contributed by atoms with E-state index in [2.05, 4.69) is 10.3 Å². The van der Waals surface area contributed by atoms with Gasteiger partial charge >= 0.3 is 0 Å². The third-order valence-corrected chi connectivity index (χ3v) is 3.03. The maximum atomic E-state index is 12.1. The number of amides is 1. The van der Waals surface area contributed by atoms with Crippen LogP contribution in [0.15, 0.2) is 18.5 Å². The largest absolute Gasteiger partial charge is 0.379 e. The lowest BCUT2D eigenvalue weighted by Gasteiger charge is -2.23. The van der Waals surface area contributed by atoms with Crippen LogP contribution in [0.3, 0.4) is 0 Å². The second-order valence-electron chi connectivity index (χ2n) is 4.70. The lowest BCUT2D eigenvalue weighted by molar-refractivity contribution is -0.121. The molecule has 0 radical (unpaired) electrons. The number of nitrogens with one attached hydrogen (secondary N) is 1. The van der Waals surface area contributed by atoms with Gasteiger partial charge in [-0.2, -0.15) is 0 Å². The van der Waals surface area contributed by atoms with E-state index in [0.29, 0.717) is 18.7 Å². The fraction of sp³-hybridized carbons (Fsp3) is 0.500. The highest BCUT2D eigenvalue weighted by Gasteiger charge is 2.38. The monoisotopic (exact) mass is 250 g/mol. The zero-order valence-electron chi connectivity index (χ0n) is 10.6. The maximum absolute atomic E-state index is 12.1. The smallest absolute Gasteiger partial charge is 0.247 e. The van der Waals surface area contributed by atoms with E-state index < -0.39 is 5.54 Å². The van der Waals surface area contributed by atoms with Crippen LogP contribution in [0.5, 0.6) is 0 Å². The minimum Gasteiger partial charge on any atom is -0.379 e. The number of carbonyl (C=O) groups excluding carboxylic acids is 1. The molecular formula is C12H18N4O2. The normalized spacial score (nSPS) is 22.8. The first-order chi connectivity index (χ1) is 8.53. The Bertz CT molecular complexity index is 441. The number of rotatable bonds is 3. The van der Waals surface area contributed by atoms with Crippen LogP contribution in [0.4, 0.5) is 11.4 Å². The van der Waals surface area contributed by atoms with E-state index in [1.54, 1.807) is 12.4 Å². The molecule has 2 heterocycles. The fourth-order valence-electron chi connectivity index (χ4n) is 1.88. The van der Waals surface area contributed by atoms with Crippen molar-refractivity contribution in [3.05, 3.63) is 18.5 Å². The van der Waals surface area contributed by atoms with Gasteiger partial charge in [-0.25, -0.2) is 0 Å². The number of anilines is 2. The Balaban J connectivity index is 2.16. The molecule has 6 heteroatoms. The number of pyridine rings is 1. The van der Waals surface area contributed by atoms with Crippen LogP contribution in [0, 0.1) is 0 Å². The van der Waals surface area contributed by atoms with Gasteiger partial charge in [0.1, 0.15) is 5.54 Å². The first-order valence-electron chi connectivity index (χ1n) is 5.82. The Kier molecular flexibility index (Phi) is 3.49. The van der Waals surface area contributed by atoms with Crippen LogP contribution in [0.2, 0.25) is 0 Å². The molecule has 1 amide bonds. The highest BCUT2D eigenvalue weighted by molar-refractivity contribution is 6.00. The summed E-state index contributed by atoms with van der Waals surface area (Å²) in [5.74, 6) is -0.226. The predicted octanol–water partition coefficient (Wildman–Crippen LogP) is 0.204. The molecule has 1 aromatic rings. The predicted molar refractivity (Wildman–Crippen MR) is 69.5 cm³/mol. The molecule has 18 heavy (non-hydrogen) atoms. The first kappa shape index (κ1) is 12.8. The van der Waals surface area contributed by atoms with E-state index in [1.807, 2.05) is 25.1 Å². The SMILES string of the molecule is CN(C)c1ccncc1NC(=O)C1(N)CCOC1. The third kappa shape index (κ3) is 2.44. The Morgan fingerprint density at radius 3 is 3.00 bits per heavy atom. The molecule has 0 aliphatic carbocycles. The molecule has 2 rings (SSSR count). The standard InChI is InChI=1S/C12H18N4O2/c1-16(2)10-3-5-14-7-9(10)15-11(17)12(13)4-6-18-8-12/h3,5,7H,4,6,8,13H2,1-2H3,(H,15,17). The summed E-state index contributed by atoms with van der Waals surface area (Å²) in [5, 5.41) is 2.83. The molecular weight excluding hydrogens is 232 g/mol. The molecule has 1 unspecified atom stereocenters. The van der Waals surface area contributed by atoms with Gasteiger partial charge < -0.3 is 20.7 Å². The summed E-state index contributed by atoms with van der Waals surface area (Å²) in [5.41, 5.74) is 6.62. The van der Waals surface area contributed by atoms with E-state index >= 15 is 0 Å². The Morgan fingerprint density at radius 1 is 1.61 bits per heavy atom. The van der Waals surface area contributed by atoms with Gasteiger partial charge in [0.15, 0.2) is 0 Å². The molecule has 1 atom stereocenters. The lowest BCUT2D eigenvalue weighted by atomic mass is 9.99. The van der Waals surface area contributed by atoms with E-state index in [1.165, 1.54) is 0 Å². The number of hydrogen-bond acceptors (Lipinski definition) is 5. The second-order valence-corrected chi connectivity index (χ2v) is 4.70. The molecule has 98 valence electrons. The van der Waals surface area contributed by atoms with Crippen LogP contribution >= 0.6 is 0 Å². The molecule has 1 aromatic heterocycles. The number of aromatic nitrogens is 1. The Hall–Kier alpha value is -1.66. The van der Waals surface area contributed by atoms with Crippen LogP contribution in [0.25, 0.3) is 0 Å². The van der Waals surface area contributed by atoms with Crippen molar-refractivity contribution in [2.24, 2.45) is 5.73 Å². The molecule has 1 aliphatic heterocycles. The van der Waals surface area contributed by atoms with Gasteiger partial charge in [-0.3, -0.25) is 9.78 Å². The molecule has 0 aromatic carbocycles. The van der Waals surface area contributed by atoms with Crippen molar-refractivity contribution in [1.29, 1.82) is 0 Å². The molecule has 0 spiro atoms. The Labute approximate surface area is 106 Å². The van der Waals surface area contributed by atoms with Crippen molar-refractivity contribution in [2.45, 2.75) is 12.0 Å². The van der Waals surface area contributed by atoms with Crippen molar-refractivity contribution >= 4 is 17.3 Å². The van der Waals surface area contributed by atoms with Crippen molar-refractivity contribution in [3.63, 3.8) is 0 Å². The van der Waals surface area contributed by atoms with Gasteiger partial charge in [-0.15, -0.1) is 0 Å². The van der Waals surface area contributed by atoms with Gasteiger partial charge in [-0.05, 0) is 12.5 Å². The summed E-state index contributed by atoms with van der Waals surface area (Å²) in [6.45, 7) is 0.786. The number of ether oxygens (including phenoxy) is 1. The van der Waals surface area contributed by atoms with Crippen LogP contribution in [0.1, 0.15) is 6.42 Å². The van der Waals surface area contributed by atoms with E-state index in [4.69, 9.17) is 10.5 Å². The molecule has 1 saturated heterocycles. The van der Waals surface area contributed by atoms with Crippen molar-refractivity contribution in [1.82, 2.24) is 4.98 Å². The molecule has 0 bridgehead atoms. The van der Waals surface area contributed by atoms with Crippen LogP contribution in [-0.2, 0) is 9.53 Å². The second kappa shape index (κ2) is 4.91. The summed E-state index contributed by atoms with van der Waals surface area (Å²) in [7, 11) is 3.81. The van der Waals surface area contributed by atoms with E-state index in [-0.39, 0.29) is 12.5 Å². The average molecular weight is 250 g/mol. The lowest BCUT2D eigenvalue weighted by Crippen LogP contribution is -2.51. The minimum atomic E-state index is -0.931. The Morgan fingerprint density at radius 2 is 2.39 bits per heavy atom. The molecule has 3 N–H and O–H groups in total.